The van der Waals surface area contributed by atoms with E-state index in [-0.39, 0.29) is 0 Å². The highest BCUT2D eigenvalue weighted by Gasteiger charge is 2.07. The molecule has 2 aromatic rings. The van der Waals surface area contributed by atoms with Gasteiger partial charge in [-0.05, 0) is 62.7 Å². The van der Waals surface area contributed by atoms with Crippen LogP contribution in [0.5, 0.6) is 0 Å². The van der Waals surface area contributed by atoms with Crippen LogP contribution in [0.1, 0.15) is 35.9 Å². The van der Waals surface area contributed by atoms with Gasteiger partial charge in [-0.3, -0.25) is 0 Å². The van der Waals surface area contributed by atoms with E-state index in [0.29, 0.717) is 0 Å². The fourth-order valence-corrected chi connectivity index (χ4v) is 2.94. The first-order valence-corrected chi connectivity index (χ1v) is 8.06. The van der Waals surface area contributed by atoms with E-state index in [1.165, 1.54) is 22.9 Å². The maximum Gasteiger partial charge on any atom is 0.194 e. The Labute approximate surface area is 130 Å². The molecule has 4 nitrogen and oxygen atoms in total. The molecule has 0 aliphatic carbocycles. The van der Waals surface area contributed by atoms with Gasteiger partial charge in [-0.1, -0.05) is 13.0 Å². The predicted octanol–water partition coefficient (Wildman–Crippen LogP) is 3.45. The minimum atomic E-state index is 0.764. The van der Waals surface area contributed by atoms with E-state index in [2.05, 4.69) is 40.2 Å². The van der Waals surface area contributed by atoms with Gasteiger partial charge in [0.25, 0.3) is 0 Å². The highest BCUT2D eigenvalue weighted by molar-refractivity contribution is 7.99. The summed E-state index contributed by atoms with van der Waals surface area (Å²) in [5.41, 5.74) is 4.36. The molecule has 0 spiro atoms. The van der Waals surface area contributed by atoms with Gasteiger partial charge in [-0.2, -0.15) is 0 Å². The van der Waals surface area contributed by atoms with Crippen LogP contribution < -0.4 is 5.32 Å². The molecule has 2 rings (SSSR count). The third-order valence-electron chi connectivity index (χ3n) is 2.99. The Morgan fingerprint density at radius 2 is 1.81 bits per heavy atom. The summed E-state index contributed by atoms with van der Waals surface area (Å²) in [7, 11) is 0. The zero-order valence-corrected chi connectivity index (χ0v) is 13.9. The molecule has 21 heavy (non-hydrogen) atoms. The monoisotopic (exact) mass is 302 g/mol. The highest BCUT2D eigenvalue weighted by Crippen LogP contribution is 2.26. The van der Waals surface area contributed by atoms with Gasteiger partial charge in [0, 0.05) is 24.1 Å². The van der Waals surface area contributed by atoms with Crippen LogP contribution in [0, 0.1) is 20.8 Å². The zero-order valence-electron chi connectivity index (χ0n) is 13.1. The van der Waals surface area contributed by atoms with Gasteiger partial charge in [-0.15, -0.1) is 0 Å². The zero-order chi connectivity index (χ0) is 15.2. The van der Waals surface area contributed by atoms with Crippen molar-refractivity contribution in [2.45, 2.75) is 50.8 Å². The molecule has 0 unspecified atom stereocenters. The molecule has 0 aliphatic heterocycles. The third kappa shape index (κ3) is 4.79. The Bertz CT molecular complexity index is 593. The van der Waals surface area contributed by atoms with Gasteiger partial charge in [0.1, 0.15) is 5.03 Å². The number of nitrogens with one attached hydrogen (secondary N) is 1. The lowest BCUT2D eigenvalue weighted by atomic mass is 10.2. The van der Waals surface area contributed by atoms with Crippen molar-refractivity contribution < 1.29 is 0 Å². The summed E-state index contributed by atoms with van der Waals surface area (Å²) in [5, 5.41) is 5.13. The van der Waals surface area contributed by atoms with Crippen molar-refractivity contribution in [1.29, 1.82) is 0 Å². The summed E-state index contributed by atoms with van der Waals surface area (Å²) in [5.74, 6) is 0. The van der Waals surface area contributed by atoms with Gasteiger partial charge in [0.05, 0.1) is 0 Å². The van der Waals surface area contributed by atoms with Crippen molar-refractivity contribution >= 4 is 11.8 Å². The summed E-state index contributed by atoms with van der Waals surface area (Å²) in [6, 6.07) is 4.16. The minimum absolute atomic E-state index is 0.764. The van der Waals surface area contributed by atoms with E-state index < -0.39 is 0 Å². The van der Waals surface area contributed by atoms with Crippen molar-refractivity contribution in [3.63, 3.8) is 0 Å². The van der Waals surface area contributed by atoms with Crippen LogP contribution >= 0.6 is 11.8 Å². The lowest BCUT2D eigenvalue weighted by Crippen LogP contribution is -2.14. The lowest BCUT2D eigenvalue weighted by molar-refractivity contribution is 0.672. The molecule has 0 fully saturated rings. The van der Waals surface area contributed by atoms with Crippen LogP contribution in [0.2, 0.25) is 0 Å². The summed E-state index contributed by atoms with van der Waals surface area (Å²) < 4.78 is 0. The molecule has 1 N–H and O–H groups in total. The van der Waals surface area contributed by atoms with Crippen LogP contribution in [0.25, 0.3) is 0 Å². The second kappa shape index (κ2) is 7.52. The topological polar surface area (TPSA) is 50.7 Å². The Morgan fingerprint density at radius 1 is 1.10 bits per heavy atom. The number of aryl methyl sites for hydroxylation is 3. The summed E-state index contributed by atoms with van der Waals surface area (Å²) >= 11 is 1.53. The van der Waals surface area contributed by atoms with E-state index in [4.69, 9.17) is 0 Å². The molecule has 0 atom stereocenters. The molecule has 0 amide bonds. The average Bonchev–Trinajstić information content (AvgIpc) is 2.41. The molecule has 2 aromatic heterocycles. The van der Waals surface area contributed by atoms with E-state index >= 15 is 0 Å². The normalized spacial score (nSPS) is 10.9. The molecular formula is C16H22N4S. The number of hydrogen-bond acceptors (Lipinski definition) is 5. The maximum absolute atomic E-state index is 4.55. The van der Waals surface area contributed by atoms with Crippen LogP contribution in [-0.4, -0.2) is 21.5 Å². The first-order valence-electron chi connectivity index (χ1n) is 7.25. The number of rotatable bonds is 6. The standard InChI is InChI=1S/C16H22N4S/c1-5-6-17-9-14-7-11(2)15(18-10-14)21-16-19-12(3)8-13(4)20-16/h7-8,10,17H,5-6,9H2,1-4H3. The molecule has 0 saturated carbocycles. The molecule has 0 aromatic carbocycles. The van der Waals surface area contributed by atoms with Crippen LogP contribution in [0.3, 0.4) is 0 Å². The van der Waals surface area contributed by atoms with E-state index in [9.17, 15) is 0 Å². The van der Waals surface area contributed by atoms with Crippen molar-refractivity contribution in [2.24, 2.45) is 0 Å². The van der Waals surface area contributed by atoms with Gasteiger partial charge in [0.15, 0.2) is 5.16 Å². The fraction of sp³-hybridized carbons (Fsp3) is 0.438. The molecule has 0 aliphatic rings. The Morgan fingerprint density at radius 3 is 2.43 bits per heavy atom. The van der Waals surface area contributed by atoms with Crippen molar-refractivity contribution in [1.82, 2.24) is 20.3 Å². The molecule has 0 saturated heterocycles. The number of pyridine rings is 1. The molecule has 2 heterocycles. The highest BCUT2D eigenvalue weighted by atomic mass is 32.2. The summed E-state index contributed by atoms with van der Waals surface area (Å²) in [4.78, 5) is 13.5. The van der Waals surface area contributed by atoms with Gasteiger partial charge >= 0.3 is 0 Å². The minimum Gasteiger partial charge on any atom is -0.313 e. The molecular weight excluding hydrogens is 280 g/mol. The second-order valence-electron chi connectivity index (χ2n) is 5.18. The van der Waals surface area contributed by atoms with Gasteiger partial charge in [0.2, 0.25) is 0 Å². The van der Waals surface area contributed by atoms with E-state index in [0.717, 1.165) is 41.1 Å². The van der Waals surface area contributed by atoms with E-state index in [1.807, 2.05) is 26.1 Å². The second-order valence-corrected chi connectivity index (χ2v) is 6.13. The number of aromatic nitrogens is 3. The van der Waals surface area contributed by atoms with Crippen molar-refractivity contribution in [2.75, 3.05) is 6.54 Å². The number of nitrogens with zero attached hydrogens (tertiary/aromatic N) is 3. The fourth-order valence-electron chi connectivity index (χ4n) is 2.06. The number of hydrogen-bond donors (Lipinski definition) is 1. The Kier molecular flexibility index (Phi) is 5.70. The third-order valence-corrected chi connectivity index (χ3v) is 3.98. The van der Waals surface area contributed by atoms with Crippen LogP contribution in [-0.2, 0) is 6.54 Å². The van der Waals surface area contributed by atoms with Crippen molar-refractivity contribution in [3.05, 3.63) is 40.8 Å². The molecule has 5 heteroatoms. The first kappa shape index (κ1) is 15.9. The Balaban J connectivity index is 2.10. The Hall–Kier alpha value is -1.46. The van der Waals surface area contributed by atoms with Gasteiger partial charge < -0.3 is 5.32 Å². The molecule has 112 valence electrons. The molecule has 0 bridgehead atoms. The first-order chi connectivity index (χ1) is 10.1. The lowest BCUT2D eigenvalue weighted by Gasteiger charge is -2.08. The SMILES string of the molecule is CCCNCc1cnc(Sc2nc(C)cc(C)n2)c(C)c1. The maximum atomic E-state index is 4.55. The van der Waals surface area contributed by atoms with Gasteiger partial charge in [-0.25, -0.2) is 15.0 Å². The van der Waals surface area contributed by atoms with E-state index in [1.54, 1.807) is 0 Å². The van der Waals surface area contributed by atoms with Crippen molar-refractivity contribution in [3.8, 4) is 0 Å². The quantitative estimate of drug-likeness (QED) is 0.654. The summed E-state index contributed by atoms with van der Waals surface area (Å²) in [6.07, 6.45) is 3.07. The summed E-state index contributed by atoms with van der Waals surface area (Å²) in [6.45, 7) is 10.1. The predicted molar refractivity (Wildman–Crippen MR) is 86.6 cm³/mol. The molecule has 0 radical (unpaired) electrons. The largest absolute Gasteiger partial charge is 0.313 e. The smallest absolute Gasteiger partial charge is 0.194 e. The van der Waals surface area contributed by atoms with Crippen LogP contribution in [0.15, 0.2) is 28.5 Å². The average molecular weight is 302 g/mol. The van der Waals surface area contributed by atoms with Crippen LogP contribution in [0.4, 0.5) is 0 Å².